The Bertz CT molecular complexity index is 1560. The monoisotopic (exact) mass is 566 g/mol. The second-order valence-corrected chi connectivity index (χ2v) is 10.9. The molecule has 2 aromatic carbocycles. The number of ether oxygens (including phenoxy) is 1. The molecule has 2 fully saturated rings. The molecule has 40 heavy (non-hydrogen) atoms. The van der Waals surface area contributed by atoms with Crippen LogP contribution in [0.1, 0.15) is 36.8 Å². The number of benzene rings is 2. The van der Waals surface area contributed by atoms with Crippen molar-refractivity contribution in [3.05, 3.63) is 56.8 Å². The molecule has 2 aliphatic heterocycles. The molecular weight excluding hydrogens is 536 g/mol. The molecular formula is C29H31ClN4O6. The van der Waals surface area contributed by atoms with Crippen LogP contribution >= 0.6 is 11.6 Å². The van der Waals surface area contributed by atoms with Crippen LogP contribution in [0.5, 0.6) is 5.75 Å². The van der Waals surface area contributed by atoms with Crippen molar-refractivity contribution in [2.45, 2.75) is 45.6 Å². The lowest BCUT2D eigenvalue weighted by atomic mass is 9.98. The van der Waals surface area contributed by atoms with E-state index in [0.717, 1.165) is 35.3 Å². The number of likely N-dealkylation sites (N-methyl/N-ethyl adjacent to an activating group) is 1. The summed E-state index contributed by atoms with van der Waals surface area (Å²) in [5.74, 6) is -0.131. The smallest absolute Gasteiger partial charge is 0.407 e. The molecule has 3 aromatic rings. The van der Waals surface area contributed by atoms with Crippen LogP contribution in [0.25, 0.3) is 22.0 Å². The molecule has 1 aromatic heterocycles. The van der Waals surface area contributed by atoms with Crippen molar-refractivity contribution in [3.8, 4) is 16.9 Å². The Kier molecular flexibility index (Phi) is 7.46. The van der Waals surface area contributed by atoms with Gasteiger partial charge in [-0.2, -0.15) is 0 Å². The fourth-order valence-corrected chi connectivity index (χ4v) is 5.93. The molecule has 2 aliphatic rings. The third-order valence-corrected chi connectivity index (χ3v) is 7.80. The molecule has 0 radical (unpaired) electrons. The van der Waals surface area contributed by atoms with Crippen LogP contribution in [-0.4, -0.2) is 70.7 Å². The minimum Gasteiger partial charge on any atom is -0.492 e. The van der Waals surface area contributed by atoms with E-state index in [1.165, 1.54) is 22.9 Å². The van der Waals surface area contributed by atoms with Crippen molar-refractivity contribution in [3.63, 3.8) is 0 Å². The zero-order chi connectivity index (χ0) is 28.7. The number of aromatic nitrogens is 1. The summed E-state index contributed by atoms with van der Waals surface area (Å²) in [4.78, 5) is 57.4. The maximum Gasteiger partial charge on any atom is 0.407 e. The summed E-state index contributed by atoms with van der Waals surface area (Å²) >= 11 is 6.53. The molecule has 0 aliphatic carbocycles. The van der Waals surface area contributed by atoms with Gasteiger partial charge in [0.2, 0.25) is 0 Å². The van der Waals surface area contributed by atoms with Crippen molar-refractivity contribution in [2.75, 3.05) is 31.6 Å². The molecule has 1 unspecified atom stereocenters. The summed E-state index contributed by atoms with van der Waals surface area (Å²) in [6, 6.07) is 8.20. The maximum absolute atomic E-state index is 13.5. The summed E-state index contributed by atoms with van der Waals surface area (Å²) in [5, 5.41) is 10.2. The first kappa shape index (κ1) is 27.5. The van der Waals surface area contributed by atoms with E-state index >= 15 is 0 Å². The third-order valence-electron chi connectivity index (χ3n) is 7.50. The number of aryl methyl sites for hydroxylation is 2. The molecule has 2 N–H and O–H groups in total. The van der Waals surface area contributed by atoms with Crippen LogP contribution in [0.15, 0.2) is 35.1 Å². The Morgan fingerprint density at radius 3 is 2.48 bits per heavy atom. The predicted molar refractivity (Wildman–Crippen MR) is 152 cm³/mol. The Morgan fingerprint density at radius 2 is 1.82 bits per heavy atom. The first-order valence-corrected chi connectivity index (χ1v) is 13.6. The number of nitrogens with one attached hydrogen (secondary N) is 1. The number of aromatic amines is 1. The molecule has 210 valence electrons. The lowest BCUT2D eigenvalue weighted by Gasteiger charge is -2.33. The molecule has 10 nitrogen and oxygen atoms in total. The second kappa shape index (κ2) is 10.8. The van der Waals surface area contributed by atoms with Gasteiger partial charge < -0.3 is 24.6 Å². The lowest BCUT2D eigenvalue weighted by molar-refractivity contribution is -0.116. The maximum atomic E-state index is 13.5. The van der Waals surface area contributed by atoms with Crippen molar-refractivity contribution in [1.82, 2.24) is 14.8 Å². The number of amides is 4. The third kappa shape index (κ3) is 5.11. The number of pyridine rings is 1. The highest BCUT2D eigenvalue weighted by Crippen LogP contribution is 2.40. The van der Waals surface area contributed by atoms with Gasteiger partial charge in [0, 0.05) is 31.4 Å². The number of halogens is 1. The quantitative estimate of drug-likeness (QED) is 0.397. The number of piperidine rings is 1. The number of carbonyl (C=O) groups is 3. The Balaban J connectivity index is 1.63. The van der Waals surface area contributed by atoms with Crippen LogP contribution < -0.4 is 15.2 Å². The largest absolute Gasteiger partial charge is 0.492 e. The van der Waals surface area contributed by atoms with E-state index < -0.39 is 18.0 Å². The summed E-state index contributed by atoms with van der Waals surface area (Å²) in [5.41, 5.74) is 3.10. The summed E-state index contributed by atoms with van der Waals surface area (Å²) in [6.07, 6.45) is 1.99. The number of nitrogens with zero attached hydrogens (tertiary/aromatic N) is 3. The average Bonchev–Trinajstić information content (AvgIpc) is 3.13. The van der Waals surface area contributed by atoms with Gasteiger partial charge in [-0.25, -0.2) is 14.5 Å². The predicted octanol–water partition coefficient (Wildman–Crippen LogP) is 5.17. The lowest BCUT2D eigenvalue weighted by Crippen LogP contribution is -2.43. The van der Waals surface area contributed by atoms with Gasteiger partial charge in [-0.15, -0.1) is 0 Å². The minimum absolute atomic E-state index is 0.0720. The zero-order valence-corrected chi connectivity index (χ0v) is 23.4. The number of imide groups is 1. The number of fused-ring (bicyclic) bond motifs is 1. The summed E-state index contributed by atoms with van der Waals surface area (Å²) in [6.45, 7) is 4.45. The molecule has 1 atom stereocenters. The highest BCUT2D eigenvalue weighted by atomic mass is 35.5. The number of H-pyrrole nitrogens is 1. The molecule has 5 rings (SSSR count). The van der Waals surface area contributed by atoms with Crippen molar-refractivity contribution < 1.29 is 24.2 Å². The second-order valence-electron chi connectivity index (χ2n) is 10.5. The number of carbonyl (C=O) groups excluding carboxylic acids is 2. The normalized spacial score (nSPS) is 17.7. The van der Waals surface area contributed by atoms with Crippen LogP contribution in [0.2, 0.25) is 5.02 Å². The number of rotatable bonds is 6. The number of carboxylic acid groups (broad SMARTS) is 1. The van der Waals surface area contributed by atoms with Gasteiger partial charge in [-0.1, -0.05) is 40.9 Å². The highest BCUT2D eigenvalue weighted by Gasteiger charge is 2.36. The highest BCUT2D eigenvalue weighted by molar-refractivity contribution is 6.36. The fraction of sp³-hybridized carbons (Fsp3) is 0.379. The molecule has 2 saturated heterocycles. The Hall–Kier alpha value is -4.05. The van der Waals surface area contributed by atoms with Gasteiger partial charge in [0.05, 0.1) is 28.4 Å². The van der Waals surface area contributed by atoms with Crippen molar-refractivity contribution in [1.29, 1.82) is 0 Å². The average molecular weight is 567 g/mol. The number of hydrogen-bond donors (Lipinski definition) is 2. The zero-order valence-electron chi connectivity index (χ0n) is 22.6. The molecule has 11 heteroatoms. The van der Waals surface area contributed by atoms with Gasteiger partial charge in [-0.3, -0.25) is 9.59 Å². The molecule has 3 heterocycles. The molecule has 4 amide bonds. The van der Waals surface area contributed by atoms with E-state index in [1.54, 1.807) is 6.07 Å². The molecule has 0 bridgehead atoms. The van der Waals surface area contributed by atoms with E-state index in [1.807, 2.05) is 32.0 Å². The van der Waals surface area contributed by atoms with Gasteiger partial charge in [-0.05, 0) is 50.8 Å². The number of likely N-dealkylation sites (tertiary alicyclic amines) is 1. The van der Waals surface area contributed by atoms with Crippen LogP contribution in [0.4, 0.5) is 15.3 Å². The summed E-state index contributed by atoms with van der Waals surface area (Å²) < 4.78 is 6.35. The van der Waals surface area contributed by atoms with E-state index in [-0.39, 0.29) is 41.2 Å². The molecule has 0 saturated carbocycles. The van der Waals surface area contributed by atoms with E-state index in [4.69, 9.17) is 16.3 Å². The topological polar surface area (TPSA) is 123 Å². The Morgan fingerprint density at radius 1 is 1.10 bits per heavy atom. The number of anilines is 1. The SMILES string of the molecule is Cc1cc(C)cc(-c2c(OCCC3CCCCN3C(=O)O)c3cc(N4C(=O)CN(C)C4=O)c(Cl)cc3[nH]c2=O)c1. The van der Waals surface area contributed by atoms with Gasteiger partial charge >= 0.3 is 12.1 Å². The number of hydrogen-bond acceptors (Lipinski definition) is 5. The fourth-order valence-electron chi connectivity index (χ4n) is 5.68. The van der Waals surface area contributed by atoms with Gasteiger partial charge in [0.25, 0.3) is 11.5 Å². The molecule has 0 spiro atoms. The first-order chi connectivity index (χ1) is 19.0. The van der Waals surface area contributed by atoms with Gasteiger partial charge in [0.1, 0.15) is 12.3 Å². The van der Waals surface area contributed by atoms with Crippen molar-refractivity contribution in [2.24, 2.45) is 0 Å². The first-order valence-electron chi connectivity index (χ1n) is 13.2. The van der Waals surface area contributed by atoms with Crippen LogP contribution in [-0.2, 0) is 4.79 Å². The van der Waals surface area contributed by atoms with Crippen molar-refractivity contribution >= 4 is 46.2 Å². The number of urea groups is 1. The standard InChI is InChI=1S/C29H31ClN4O6/c1-16-10-17(2)12-18(11-16)25-26(40-9-7-19-6-4-5-8-33(19)29(38)39)20-13-23(21(30)14-22(20)31-27(25)36)34-24(35)15-32(3)28(34)37/h10-14,19H,4-9,15H2,1-3H3,(H,31,36)(H,38,39). The van der Waals surface area contributed by atoms with E-state index in [2.05, 4.69) is 4.98 Å². The summed E-state index contributed by atoms with van der Waals surface area (Å²) in [7, 11) is 1.53. The van der Waals surface area contributed by atoms with Gasteiger partial charge in [0.15, 0.2) is 0 Å². The van der Waals surface area contributed by atoms with E-state index in [0.29, 0.717) is 35.0 Å². The minimum atomic E-state index is -0.952. The Labute approximate surface area is 236 Å². The van der Waals surface area contributed by atoms with E-state index in [9.17, 15) is 24.3 Å². The van der Waals surface area contributed by atoms with Crippen LogP contribution in [0.3, 0.4) is 0 Å². The van der Waals surface area contributed by atoms with Crippen LogP contribution in [0, 0.1) is 13.8 Å².